The van der Waals surface area contributed by atoms with Gasteiger partial charge in [0.1, 0.15) is 17.2 Å². The highest BCUT2D eigenvalue weighted by molar-refractivity contribution is 8.00. The summed E-state index contributed by atoms with van der Waals surface area (Å²) in [6.07, 6.45) is 5.62. The normalized spacial score (nSPS) is 11.8. The van der Waals surface area contributed by atoms with Crippen LogP contribution in [0.4, 0.5) is 11.4 Å². The van der Waals surface area contributed by atoms with Crippen molar-refractivity contribution in [2.45, 2.75) is 43.3 Å². The van der Waals surface area contributed by atoms with Crippen molar-refractivity contribution in [3.8, 4) is 5.75 Å². The van der Waals surface area contributed by atoms with E-state index in [1.54, 1.807) is 54.6 Å². The third-order valence-corrected chi connectivity index (χ3v) is 7.64. The van der Waals surface area contributed by atoms with Crippen molar-refractivity contribution < 1.29 is 23.5 Å². The SMILES string of the molecule is CCCCOc1ccc(NC(=O)C(CC)Sc2cccc(NC(=O)/C(=C/c3ccco3)NC(=O)c3ccccc3)c2)cc1. The van der Waals surface area contributed by atoms with Crippen molar-refractivity contribution in [3.05, 3.63) is 114 Å². The summed E-state index contributed by atoms with van der Waals surface area (Å²) < 4.78 is 11.1. The largest absolute Gasteiger partial charge is 0.494 e. The van der Waals surface area contributed by atoms with Crippen molar-refractivity contribution >= 4 is 46.9 Å². The van der Waals surface area contributed by atoms with Crippen LogP contribution >= 0.6 is 11.8 Å². The zero-order valence-corrected chi connectivity index (χ0v) is 25.0. The van der Waals surface area contributed by atoms with Crippen LogP contribution < -0.4 is 20.7 Å². The molecule has 1 atom stereocenters. The van der Waals surface area contributed by atoms with Crippen molar-refractivity contribution in [1.29, 1.82) is 0 Å². The van der Waals surface area contributed by atoms with Gasteiger partial charge < -0.3 is 25.1 Å². The van der Waals surface area contributed by atoms with E-state index in [9.17, 15) is 14.4 Å². The molecule has 3 amide bonds. The smallest absolute Gasteiger partial charge is 0.272 e. The summed E-state index contributed by atoms with van der Waals surface area (Å²) in [7, 11) is 0. The van der Waals surface area contributed by atoms with Crippen molar-refractivity contribution in [2.24, 2.45) is 0 Å². The molecule has 8 nitrogen and oxygen atoms in total. The van der Waals surface area contributed by atoms with Crippen LogP contribution in [-0.2, 0) is 9.59 Å². The van der Waals surface area contributed by atoms with Crippen molar-refractivity contribution in [1.82, 2.24) is 5.32 Å². The van der Waals surface area contributed by atoms with Crippen LogP contribution in [0.1, 0.15) is 49.2 Å². The Bertz CT molecular complexity index is 1520. The first-order chi connectivity index (χ1) is 20.9. The summed E-state index contributed by atoms with van der Waals surface area (Å²) in [6, 6.07) is 26.6. The predicted octanol–water partition coefficient (Wildman–Crippen LogP) is 7.38. The summed E-state index contributed by atoms with van der Waals surface area (Å²) in [6.45, 7) is 4.73. The number of unbranched alkanes of at least 4 members (excludes halogenated alkanes) is 1. The molecule has 0 radical (unpaired) electrons. The maximum atomic E-state index is 13.3. The van der Waals surface area contributed by atoms with E-state index in [4.69, 9.17) is 9.15 Å². The molecule has 0 spiro atoms. The number of benzene rings is 3. The predicted molar refractivity (Wildman–Crippen MR) is 171 cm³/mol. The summed E-state index contributed by atoms with van der Waals surface area (Å²) >= 11 is 1.41. The molecule has 222 valence electrons. The topological polar surface area (TPSA) is 110 Å². The molecule has 0 bridgehead atoms. The fourth-order valence-corrected chi connectivity index (χ4v) is 5.00. The zero-order valence-electron chi connectivity index (χ0n) is 24.2. The molecular weight excluding hydrogens is 562 g/mol. The van der Waals surface area contributed by atoms with E-state index in [0.717, 1.165) is 23.5 Å². The Morgan fingerprint density at radius 2 is 1.67 bits per heavy atom. The number of anilines is 2. The third kappa shape index (κ3) is 9.65. The van der Waals surface area contributed by atoms with Crippen molar-refractivity contribution in [2.75, 3.05) is 17.2 Å². The molecule has 43 heavy (non-hydrogen) atoms. The highest BCUT2D eigenvalue weighted by Gasteiger charge is 2.20. The van der Waals surface area contributed by atoms with Gasteiger partial charge in [0.2, 0.25) is 5.91 Å². The number of amides is 3. The molecule has 3 aromatic carbocycles. The van der Waals surface area contributed by atoms with E-state index in [0.29, 0.717) is 35.7 Å². The quantitative estimate of drug-likeness (QED) is 0.0795. The molecule has 0 saturated heterocycles. The van der Waals surface area contributed by atoms with E-state index in [-0.39, 0.29) is 16.9 Å². The number of ether oxygens (including phenoxy) is 1. The number of nitrogens with one attached hydrogen (secondary N) is 3. The summed E-state index contributed by atoms with van der Waals surface area (Å²) in [5.41, 5.74) is 1.65. The molecule has 1 unspecified atom stereocenters. The van der Waals surface area contributed by atoms with Gasteiger partial charge in [-0.25, -0.2) is 0 Å². The van der Waals surface area contributed by atoms with Gasteiger partial charge in [-0.15, -0.1) is 11.8 Å². The van der Waals surface area contributed by atoms with Crippen LogP contribution in [0.15, 0.2) is 112 Å². The highest BCUT2D eigenvalue weighted by atomic mass is 32.2. The molecule has 0 aliphatic rings. The molecule has 0 aliphatic heterocycles. The van der Waals surface area contributed by atoms with Gasteiger partial charge in [0.05, 0.1) is 18.1 Å². The minimum absolute atomic E-state index is 0.0226. The van der Waals surface area contributed by atoms with E-state index in [1.165, 1.54) is 24.1 Å². The standard InChI is InChI=1S/C34H35N3O5S/c1-3-5-20-41-27-18-16-25(17-19-27)35-34(40)31(4-2)43-29-15-9-13-26(22-29)36-33(39)30(23-28-14-10-21-42-28)37-32(38)24-11-7-6-8-12-24/h6-19,21-23,31H,3-5,20H2,1-2H3,(H,35,40)(H,36,39)(H,37,38)/b30-23-. The number of rotatable bonds is 14. The average Bonchev–Trinajstić information content (AvgIpc) is 3.54. The first-order valence-electron chi connectivity index (χ1n) is 14.2. The minimum atomic E-state index is -0.519. The third-order valence-electron chi connectivity index (χ3n) is 6.28. The van der Waals surface area contributed by atoms with E-state index < -0.39 is 11.8 Å². The fraction of sp³-hybridized carbons (Fsp3) is 0.206. The molecule has 1 heterocycles. The Hall–Kier alpha value is -4.76. The average molecular weight is 598 g/mol. The van der Waals surface area contributed by atoms with Gasteiger partial charge in [0.15, 0.2) is 0 Å². The lowest BCUT2D eigenvalue weighted by molar-refractivity contribution is -0.116. The molecule has 4 aromatic rings. The van der Waals surface area contributed by atoms with Gasteiger partial charge in [0.25, 0.3) is 11.8 Å². The van der Waals surface area contributed by atoms with Gasteiger partial charge in [-0.05, 0) is 79.6 Å². The zero-order chi connectivity index (χ0) is 30.4. The molecule has 0 saturated carbocycles. The van der Waals surface area contributed by atoms with E-state index in [1.807, 2.05) is 43.3 Å². The lowest BCUT2D eigenvalue weighted by Crippen LogP contribution is -2.30. The van der Waals surface area contributed by atoms with Crippen LogP contribution in [0.5, 0.6) is 5.75 Å². The Kier molecular flexibility index (Phi) is 11.6. The Labute approximate surface area is 255 Å². The van der Waals surface area contributed by atoms with Crippen LogP contribution in [-0.4, -0.2) is 29.6 Å². The monoisotopic (exact) mass is 597 g/mol. The Balaban J connectivity index is 1.40. The van der Waals surface area contributed by atoms with Gasteiger partial charge in [-0.1, -0.05) is 44.5 Å². The maximum Gasteiger partial charge on any atom is 0.272 e. The number of carbonyl (C=O) groups excluding carboxylic acids is 3. The Morgan fingerprint density at radius 3 is 2.37 bits per heavy atom. The van der Waals surface area contributed by atoms with Crippen LogP contribution in [0.25, 0.3) is 6.08 Å². The number of furan rings is 1. The molecule has 4 rings (SSSR count). The highest BCUT2D eigenvalue weighted by Crippen LogP contribution is 2.29. The maximum absolute atomic E-state index is 13.3. The van der Waals surface area contributed by atoms with Gasteiger partial charge >= 0.3 is 0 Å². The second-order valence-corrected chi connectivity index (χ2v) is 10.9. The van der Waals surface area contributed by atoms with Crippen molar-refractivity contribution in [3.63, 3.8) is 0 Å². The first-order valence-corrected chi connectivity index (χ1v) is 15.1. The number of carbonyl (C=O) groups is 3. The van der Waals surface area contributed by atoms with Crippen LogP contribution in [0.3, 0.4) is 0 Å². The molecule has 1 aromatic heterocycles. The van der Waals surface area contributed by atoms with Gasteiger partial charge in [-0.2, -0.15) is 0 Å². The Morgan fingerprint density at radius 1 is 0.884 bits per heavy atom. The van der Waals surface area contributed by atoms with E-state index in [2.05, 4.69) is 22.9 Å². The van der Waals surface area contributed by atoms with Gasteiger partial charge in [-0.3, -0.25) is 14.4 Å². The number of hydrogen-bond donors (Lipinski definition) is 3. The summed E-state index contributed by atoms with van der Waals surface area (Å²) in [4.78, 5) is 40.0. The summed E-state index contributed by atoms with van der Waals surface area (Å²) in [5, 5.41) is 8.16. The lowest BCUT2D eigenvalue weighted by atomic mass is 10.2. The molecule has 9 heteroatoms. The molecule has 0 fully saturated rings. The fourth-order valence-electron chi connectivity index (χ4n) is 3.98. The summed E-state index contributed by atoms with van der Waals surface area (Å²) in [5.74, 6) is 0.128. The van der Waals surface area contributed by atoms with E-state index >= 15 is 0 Å². The molecule has 3 N–H and O–H groups in total. The second-order valence-electron chi connectivity index (χ2n) is 9.61. The number of hydrogen-bond acceptors (Lipinski definition) is 6. The molecular formula is C34H35N3O5S. The first kappa shape index (κ1) is 31.2. The van der Waals surface area contributed by atoms with Crippen LogP contribution in [0, 0.1) is 0 Å². The minimum Gasteiger partial charge on any atom is -0.494 e. The second kappa shape index (κ2) is 16.0. The van der Waals surface area contributed by atoms with Gasteiger partial charge in [0, 0.05) is 27.9 Å². The lowest BCUT2D eigenvalue weighted by Gasteiger charge is -2.16. The molecule has 0 aliphatic carbocycles. The van der Waals surface area contributed by atoms with Crippen LogP contribution in [0.2, 0.25) is 0 Å². The number of thioether (sulfide) groups is 1.